The fraction of sp³-hybridized carbons (Fsp3) is 0.538. The van der Waals surface area contributed by atoms with E-state index in [0.29, 0.717) is 6.54 Å². The lowest BCUT2D eigenvalue weighted by atomic mass is 9.98. The minimum Gasteiger partial charge on any atom is -0.490 e. The fourth-order valence-electron chi connectivity index (χ4n) is 2.73. The molecule has 0 radical (unpaired) electrons. The Morgan fingerprint density at radius 2 is 2.00 bits per heavy atom. The van der Waals surface area contributed by atoms with Gasteiger partial charge in [0, 0.05) is 36.1 Å². The lowest BCUT2D eigenvalue weighted by molar-refractivity contribution is 0.252. The van der Waals surface area contributed by atoms with Crippen LogP contribution in [0.5, 0.6) is 11.5 Å². The Kier molecular flexibility index (Phi) is 2.11. The van der Waals surface area contributed by atoms with Crippen LogP contribution >= 0.6 is 0 Å². The largest absolute Gasteiger partial charge is 0.490 e. The topological polar surface area (TPSA) is 44.5 Å². The molecule has 0 saturated heterocycles. The number of benzene rings is 1. The van der Waals surface area contributed by atoms with Crippen molar-refractivity contribution < 1.29 is 9.47 Å². The average molecular weight is 219 g/mol. The molecule has 2 N–H and O–H groups in total. The predicted octanol–water partition coefficient (Wildman–Crippen LogP) is 1.79. The molecule has 0 aromatic heterocycles. The number of hydrogen-bond acceptors (Lipinski definition) is 3. The lowest BCUT2D eigenvalue weighted by Crippen LogP contribution is -2.09. The highest BCUT2D eigenvalue weighted by atomic mass is 16.5. The third-order valence-corrected chi connectivity index (χ3v) is 3.38. The zero-order chi connectivity index (χ0) is 11.3. The normalized spacial score (nSPS) is 25.9. The van der Waals surface area contributed by atoms with Crippen molar-refractivity contribution in [3.63, 3.8) is 0 Å². The number of hydrogen-bond donors (Lipinski definition) is 1. The highest BCUT2D eigenvalue weighted by Gasteiger charge is 2.30. The van der Waals surface area contributed by atoms with Crippen LogP contribution in [0.3, 0.4) is 0 Å². The molecule has 86 valence electrons. The van der Waals surface area contributed by atoms with Gasteiger partial charge in [0.25, 0.3) is 0 Å². The molecule has 2 heterocycles. The van der Waals surface area contributed by atoms with Gasteiger partial charge in [0.05, 0.1) is 0 Å². The van der Waals surface area contributed by atoms with Crippen molar-refractivity contribution in [2.45, 2.75) is 45.4 Å². The van der Waals surface area contributed by atoms with Crippen molar-refractivity contribution in [1.82, 2.24) is 0 Å². The maximum absolute atomic E-state index is 5.85. The molecule has 3 heteroatoms. The van der Waals surface area contributed by atoms with Crippen molar-refractivity contribution >= 4 is 0 Å². The van der Waals surface area contributed by atoms with E-state index in [0.717, 1.165) is 29.9 Å². The summed E-state index contributed by atoms with van der Waals surface area (Å²) in [4.78, 5) is 0. The standard InChI is InChI=1S/C13H17NO2/c1-7-3-9-5-12-10(4-8(2)15-12)11(6-14)13(9)16-7/h5,7-8H,3-4,6,14H2,1-2H3. The Morgan fingerprint density at radius 1 is 1.25 bits per heavy atom. The number of rotatable bonds is 1. The molecule has 1 aromatic rings. The molecule has 16 heavy (non-hydrogen) atoms. The second-order valence-electron chi connectivity index (χ2n) is 4.79. The van der Waals surface area contributed by atoms with Crippen molar-refractivity contribution in [2.24, 2.45) is 5.73 Å². The summed E-state index contributed by atoms with van der Waals surface area (Å²) < 4.78 is 11.7. The van der Waals surface area contributed by atoms with Gasteiger partial charge in [-0.2, -0.15) is 0 Å². The average Bonchev–Trinajstić information content (AvgIpc) is 2.74. The van der Waals surface area contributed by atoms with Crippen LogP contribution in [0.4, 0.5) is 0 Å². The molecule has 3 rings (SSSR count). The molecule has 3 nitrogen and oxygen atoms in total. The molecule has 2 atom stereocenters. The molecule has 2 aliphatic rings. The Labute approximate surface area is 95.5 Å². The van der Waals surface area contributed by atoms with Gasteiger partial charge in [-0.1, -0.05) is 0 Å². The Bertz CT molecular complexity index is 406. The van der Waals surface area contributed by atoms with Crippen molar-refractivity contribution in [3.8, 4) is 11.5 Å². The smallest absolute Gasteiger partial charge is 0.128 e. The predicted molar refractivity (Wildman–Crippen MR) is 61.9 cm³/mol. The Balaban J connectivity index is 2.15. The van der Waals surface area contributed by atoms with Crippen LogP contribution in [0.15, 0.2) is 6.07 Å². The Hall–Kier alpha value is -1.22. The highest BCUT2D eigenvalue weighted by molar-refractivity contribution is 5.57. The van der Waals surface area contributed by atoms with Gasteiger partial charge in [-0.3, -0.25) is 0 Å². The molecule has 0 spiro atoms. The molecule has 0 amide bonds. The summed E-state index contributed by atoms with van der Waals surface area (Å²) in [5.41, 5.74) is 9.51. The van der Waals surface area contributed by atoms with Gasteiger partial charge in [-0.25, -0.2) is 0 Å². The highest BCUT2D eigenvalue weighted by Crippen LogP contribution is 2.42. The second-order valence-corrected chi connectivity index (χ2v) is 4.79. The summed E-state index contributed by atoms with van der Waals surface area (Å²) in [5.74, 6) is 2.04. The molecular weight excluding hydrogens is 202 g/mol. The van der Waals surface area contributed by atoms with E-state index in [2.05, 4.69) is 19.9 Å². The van der Waals surface area contributed by atoms with Crippen LogP contribution < -0.4 is 15.2 Å². The summed E-state index contributed by atoms with van der Waals surface area (Å²) in [6.07, 6.45) is 2.45. The minimum atomic E-state index is 0.264. The maximum Gasteiger partial charge on any atom is 0.128 e. The summed E-state index contributed by atoms with van der Waals surface area (Å²) >= 11 is 0. The van der Waals surface area contributed by atoms with Crippen LogP contribution in [-0.4, -0.2) is 12.2 Å². The number of nitrogens with two attached hydrogens (primary N) is 1. The number of ether oxygens (including phenoxy) is 2. The van der Waals surface area contributed by atoms with E-state index >= 15 is 0 Å². The van der Waals surface area contributed by atoms with E-state index in [1.807, 2.05) is 0 Å². The Morgan fingerprint density at radius 3 is 2.75 bits per heavy atom. The molecule has 1 aromatic carbocycles. The van der Waals surface area contributed by atoms with Crippen LogP contribution in [0, 0.1) is 0 Å². The van der Waals surface area contributed by atoms with Gasteiger partial charge in [0.1, 0.15) is 23.7 Å². The molecule has 0 saturated carbocycles. The second kappa shape index (κ2) is 3.39. The van der Waals surface area contributed by atoms with E-state index < -0.39 is 0 Å². The van der Waals surface area contributed by atoms with Crippen molar-refractivity contribution in [1.29, 1.82) is 0 Å². The zero-order valence-electron chi connectivity index (χ0n) is 9.75. The number of fused-ring (bicyclic) bond motifs is 2. The first-order chi connectivity index (χ1) is 7.69. The minimum absolute atomic E-state index is 0.264. The summed E-state index contributed by atoms with van der Waals surface area (Å²) in [7, 11) is 0. The van der Waals surface area contributed by atoms with Crippen LogP contribution in [0.25, 0.3) is 0 Å². The van der Waals surface area contributed by atoms with Crippen LogP contribution in [-0.2, 0) is 19.4 Å². The van der Waals surface area contributed by atoms with E-state index in [-0.39, 0.29) is 12.2 Å². The van der Waals surface area contributed by atoms with Crippen LogP contribution in [0.2, 0.25) is 0 Å². The third-order valence-electron chi connectivity index (χ3n) is 3.38. The first kappa shape index (κ1) is 9.97. The summed E-state index contributed by atoms with van der Waals surface area (Å²) in [6, 6.07) is 2.14. The monoisotopic (exact) mass is 219 g/mol. The molecule has 2 aliphatic heterocycles. The summed E-state index contributed by atoms with van der Waals surface area (Å²) in [5, 5.41) is 0. The zero-order valence-corrected chi connectivity index (χ0v) is 9.75. The van der Waals surface area contributed by atoms with E-state index in [1.165, 1.54) is 11.1 Å². The van der Waals surface area contributed by atoms with Crippen molar-refractivity contribution in [3.05, 3.63) is 22.8 Å². The van der Waals surface area contributed by atoms with Gasteiger partial charge in [-0.15, -0.1) is 0 Å². The van der Waals surface area contributed by atoms with Gasteiger partial charge in [-0.05, 0) is 19.9 Å². The van der Waals surface area contributed by atoms with Crippen LogP contribution in [0.1, 0.15) is 30.5 Å². The van der Waals surface area contributed by atoms with Gasteiger partial charge in [0.2, 0.25) is 0 Å². The lowest BCUT2D eigenvalue weighted by Gasteiger charge is -2.11. The van der Waals surface area contributed by atoms with Gasteiger partial charge < -0.3 is 15.2 Å². The van der Waals surface area contributed by atoms with Crippen molar-refractivity contribution in [2.75, 3.05) is 0 Å². The maximum atomic E-state index is 5.85. The quantitative estimate of drug-likeness (QED) is 0.783. The SMILES string of the molecule is CC1Cc2c(cc3c(c2CN)OC(C)C3)O1. The fourth-order valence-corrected chi connectivity index (χ4v) is 2.73. The van der Waals surface area contributed by atoms with E-state index in [4.69, 9.17) is 15.2 Å². The third kappa shape index (κ3) is 1.31. The molecule has 2 unspecified atom stereocenters. The molecule has 0 bridgehead atoms. The summed E-state index contributed by atoms with van der Waals surface area (Å²) in [6.45, 7) is 4.72. The van der Waals surface area contributed by atoms with E-state index in [1.54, 1.807) is 0 Å². The van der Waals surface area contributed by atoms with E-state index in [9.17, 15) is 0 Å². The first-order valence-corrected chi connectivity index (χ1v) is 5.90. The molecule has 0 aliphatic carbocycles. The van der Waals surface area contributed by atoms with Gasteiger partial charge in [0.15, 0.2) is 0 Å². The molecular formula is C13H17NO2. The first-order valence-electron chi connectivity index (χ1n) is 5.90. The van der Waals surface area contributed by atoms with Gasteiger partial charge >= 0.3 is 0 Å². The molecule has 0 fully saturated rings.